The van der Waals surface area contributed by atoms with E-state index in [2.05, 4.69) is 15.6 Å². The number of nitrogens with one attached hydrogen (secondary N) is 1. The second-order valence-electron chi connectivity index (χ2n) is 9.12. The number of nitrogens with zero attached hydrogens (tertiary/aromatic N) is 4. The molecule has 2 aromatic carbocycles. The van der Waals surface area contributed by atoms with Gasteiger partial charge in [0.2, 0.25) is 0 Å². The molecule has 2 N–H and O–H groups in total. The van der Waals surface area contributed by atoms with Gasteiger partial charge in [0, 0.05) is 17.1 Å². The Labute approximate surface area is 191 Å². The van der Waals surface area contributed by atoms with Gasteiger partial charge in [0.1, 0.15) is 11.7 Å². The number of benzene rings is 2. The van der Waals surface area contributed by atoms with Crippen molar-refractivity contribution >= 4 is 34.6 Å². The van der Waals surface area contributed by atoms with Crippen molar-refractivity contribution in [3.8, 4) is 0 Å². The average molecular weight is 456 g/mol. The molecule has 1 aliphatic rings. The number of halogens is 1. The number of carboxylic acid groups (broad SMARTS) is 1. The Balaban J connectivity index is 1.89. The van der Waals surface area contributed by atoms with E-state index in [1.54, 1.807) is 28.9 Å². The van der Waals surface area contributed by atoms with Crippen molar-refractivity contribution in [2.24, 2.45) is 5.41 Å². The van der Waals surface area contributed by atoms with Crippen LogP contribution in [0.4, 0.5) is 4.79 Å². The Morgan fingerprint density at radius 3 is 2.50 bits per heavy atom. The molecule has 32 heavy (non-hydrogen) atoms. The first-order valence-electron chi connectivity index (χ1n) is 10.5. The average Bonchev–Trinajstić information content (AvgIpc) is 3.38. The van der Waals surface area contributed by atoms with Crippen LogP contribution in [0.3, 0.4) is 0 Å². The minimum Gasteiger partial charge on any atom is -0.465 e. The monoisotopic (exact) mass is 455 g/mol. The topological polar surface area (TPSA) is 100 Å². The normalized spacial score (nSPS) is 19.8. The lowest BCUT2D eigenvalue weighted by atomic mass is 9.69. The summed E-state index contributed by atoms with van der Waals surface area (Å²) in [5.41, 5.74) is 0.342. The van der Waals surface area contributed by atoms with Gasteiger partial charge in [-0.05, 0) is 54.7 Å². The largest absolute Gasteiger partial charge is 0.465 e. The van der Waals surface area contributed by atoms with E-state index in [0.717, 1.165) is 5.52 Å². The maximum Gasteiger partial charge on any atom is 0.407 e. The summed E-state index contributed by atoms with van der Waals surface area (Å²) < 4.78 is 1.65. The molecule has 1 aliphatic heterocycles. The molecule has 0 bridgehead atoms. The number of aromatic nitrogens is 3. The highest BCUT2D eigenvalue weighted by molar-refractivity contribution is 6.30. The molecule has 1 unspecified atom stereocenters. The van der Waals surface area contributed by atoms with E-state index in [0.29, 0.717) is 35.5 Å². The molecule has 2 heterocycles. The third-order valence-corrected chi connectivity index (χ3v) is 6.65. The Hall–Kier alpha value is -3.13. The van der Waals surface area contributed by atoms with Crippen molar-refractivity contribution in [2.45, 2.75) is 45.3 Å². The van der Waals surface area contributed by atoms with E-state index >= 15 is 0 Å². The van der Waals surface area contributed by atoms with Gasteiger partial charge < -0.3 is 10.4 Å². The van der Waals surface area contributed by atoms with Gasteiger partial charge in [0.15, 0.2) is 0 Å². The van der Waals surface area contributed by atoms with Gasteiger partial charge in [-0.3, -0.25) is 9.69 Å². The zero-order valence-electron chi connectivity index (χ0n) is 18.2. The van der Waals surface area contributed by atoms with Gasteiger partial charge in [-0.2, -0.15) is 0 Å². The first-order valence-corrected chi connectivity index (χ1v) is 10.9. The minimum absolute atomic E-state index is 0.341. The van der Waals surface area contributed by atoms with Gasteiger partial charge in [-0.25, -0.2) is 9.48 Å². The summed E-state index contributed by atoms with van der Waals surface area (Å²) in [7, 11) is 0. The number of para-hydroxylation sites is 1. The number of hydrogen-bond acceptors (Lipinski definition) is 4. The molecule has 0 radical (unpaired) electrons. The van der Waals surface area contributed by atoms with Crippen molar-refractivity contribution < 1.29 is 14.7 Å². The predicted octanol–water partition coefficient (Wildman–Crippen LogP) is 4.57. The van der Waals surface area contributed by atoms with Crippen molar-refractivity contribution in [1.29, 1.82) is 0 Å². The molecule has 2 atom stereocenters. The third-order valence-electron chi connectivity index (χ3n) is 6.40. The maximum atomic E-state index is 13.3. The fraction of sp³-hybridized carbons (Fsp3) is 0.391. The Kier molecular flexibility index (Phi) is 5.58. The van der Waals surface area contributed by atoms with Crippen LogP contribution in [0.25, 0.3) is 11.0 Å². The first-order chi connectivity index (χ1) is 15.1. The second kappa shape index (κ2) is 8.09. The highest BCUT2D eigenvalue weighted by Gasteiger charge is 2.58. The number of rotatable bonds is 4. The lowest BCUT2D eigenvalue weighted by Gasteiger charge is -2.51. The summed E-state index contributed by atoms with van der Waals surface area (Å²) in [5, 5.41) is 22.4. The number of fused-ring (bicyclic) bond motifs is 1. The van der Waals surface area contributed by atoms with Crippen LogP contribution in [0.5, 0.6) is 0 Å². The smallest absolute Gasteiger partial charge is 0.407 e. The minimum atomic E-state index is -1.02. The molecule has 2 amide bonds. The molecule has 3 aromatic rings. The molecule has 1 aromatic heterocycles. The number of carbonyl (C=O) groups is 2. The van der Waals surface area contributed by atoms with Gasteiger partial charge >= 0.3 is 6.09 Å². The molecule has 0 aliphatic carbocycles. The van der Waals surface area contributed by atoms with E-state index in [4.69, 9.17) is 11.6 Å². The highest BCUT2D eigenvalue weighted by Crippen LogP contribution is 2.50. The molecular weight excluding hydrogens is 430 g/mol. The maximum absolute atomic E-state index is 13.3. The zero-order chi connectivity index (χ0) is 23.1. The molecule has 168 valence electrons. The molecule has 1 fully saturated rings. The molecule has 0 saturated carbocycles. The van der Waals surface area contributed by atoms with E-state index in [9.17, 15) is 14.7 Å². The fourth-order valence-corrected chi connectivity index (χ4v) is 4.98. The van der Waals surface area contributed by atoms with E-state index < -0.39 is 23.2 Å². The Morgan fingerprint density at radius 1 is 1.16 bits per heavy atom. The number of carbonyl (C=O) groups excluding carboxylic acids is 1. The summed E-state index contributed by atoms with van der Waals surface area (Å²) in [4.78, 5) is 27.1. The van der Waals surface area contributed by atoms with Crippen molar-refractivity contribution in [2.75, 3.05) is 6.54 Å². The zero-order valence-corrected chi connectivity index (χ0v) is 19.0. The molecule has 9 heteroatoms. The van der Waals surface area contributed by atoms with Crippen LogP contribution in [0.15, 0.2) is 48.5 Å². The van der Waals surface area contributed by atoms with Crippen LogP contribution in [-0.2, 0) is 0 Å². The number of likely N-dealkylation sites (tertiary alicyclic amines) is 1. The van der Waals surface area contributed by atoms with E-state index in [-0.39, 0.29) is 5.91 Å². The van der Waals surface area contributed by atoms with Crippen molar-refractivity contribution in [3.63, 3.8) is 0 Å². The van der Waals surface area contributed by atoms with Crippen LogP contribution in [0.1, 0.15) is 50.1 Å². The molecule has 0 spiro atoms. The van der Waals surface area contributed by atoms with E-state index in [1.807, 2.05) is 45.0 Å². The van der Waals surface area contributed by atoms with Crippen LogP contribution in [0, 0.1) is 5.41 Å². The predicted molar refractivity (Wildman–Crippen MR) is 122 cm³/mol. The quantitative estimate of drug-likeness (QED) is 0.600. The SMILES string of the molecule is CC(C)(C)[C@@]1(C(NC(=O)c2ccc(Cl)cc2)n2nnc3ccccc32)CCCN1C(=O)O. The summed E-state index contributed by atoms with van der Waals surface area (Å²) in [6.07, 6.45) is -0.546. The Morgan fingerprint density at radius 2 is 1.84 bits per heavy atom. The summed E-state index contributed by atoms with van der Waals surface area (Å²) in [6.45, 7) is 6.37. The van der Waals surface area contributed by atoms with Crippen molar-refractivity contribution in [1.82, 2.24) is 25.2 Å². The Bertz CT molecular complexity index is 1150. The summed E-state index contributed by atoms with van der Waals surface area (Å²) in [6, 6.07) is 14.0. The third kappa shape index (κ3) is 3.58. The lowest BCUT2D eigenvalue weighted by Crippen LogP contribution is -2.64. The fourth-order valence-electron chi connectivity index (χ4n) is 4.85. The van der Waals surface area contributed by atoms with Gasteiger partial charge in [-0.1, -0.05) is 49.7 Å². The van der Waals surface area contributed by atoms with Crippen molar-refractivity contribution in [3.05, 3.63) is 59.1 Å². The highest BCUT2D eigenvalue weighted by atomic mass is 35.5. The van der Waals surface area contributed by atoms with E-state index in [1.165, 1.54) is 4.90 Å². The molecule has 4 rings (SSSR count). The van der Waals surface area contributed by atoms with Crippen LogP contribution < -0.4 is 5.32 Å². The van der Waals surface area contributed by atoms with Crippen LogP contribution >= 0.6 is 11.6 Å². The molecule has 8 nitrogen and oxygen atoms in total. The lowest BCUT2D eigenvalue weighted by molar-refractivity contribution is -0.0224. The number of amides is 2. The molecular formula is C23H26ClN5O3. The van der Waals surface area contributed by atoms with Gasteiger partial charge in [0.25, 0.3) is 5.91 Å². The second-order valence-corrected chi connectivity index (χ2v) is 9.55. The standard InChI is InChI=1S/C23H26ClN5O3/c1-22(2,3)23(13-6-14-28(23)21(31)32)20(25-19(30)15-9-11-16(24)12-10-15)29-18-8-5-4-7-17(18)26-27-29/h4-5,7-12,20H,6,13-14H2,1-3H3,(H,25,30)(H,31,32)/t20?,23-/m0/s1. The first kappa shape index (κ1) is 22.1. The summed E-state index contributed by atoms with van der Waals surface area (Å²) in [5.74, 6) is -0.341. The van der Waals surface area contributed by atoms with Crippen LogP contribution in [0.2, 0.25) is 5.02 Å². The van der Waals surface area contributed by atoms with Gasteiger partial charge in [-0.15, -0.1) is 5.10 Å². The summed E-state index contributed by atoms with van der Waals surface area (Å²) >= 11 is 5.98. The number of hydrogen-bond donors (Lipinski definition) is 2. The molecule has 1 saturated heterocycles. The van der Waals surface area contributed by atoms with Crippen LogP contribution in [-0.4, -0.2) is 49.1 Å². The van der Waals surface area contributed by atoms with Gasteiger partial charge in [0.05, 0.1) is 11.1 Å².